The van der Waals surface area contributed by atoms with Gasteiger partial charge in [0, 0.05) is 18.0 Å². The number of fused-ring (bicyclic) bond motifs is 1. The fourth-order valence-electron chi connectivity index (χ4n) is 2.11. The van der Waals surface area contributed by atoms with E-state index >= 15 is 0 Å². The summed E-state index contributed by atoms with van der Waals surface area (Å²) in [6.45, 7) is 0. The lowest BCUT2D eigenvalue weighted by Gasteiger charge is -2.05. The lowest BCUT2D eigenvalue weighted by molar-refractivity contribution is 1.10. The van der Waals surface area contributed by atoms with Gasteiger partial charge in [-0.15, -0.1) is 0 Å². The van der Waals surface area contributed by atoms with Gasteiger partial charge in [0.2, 0.25) is 0 Å². The summed E-state index contributed by atoms with van der Waals surface area (Å²) >= 11 is 0. The summed E-state index contributed by atoms with van der Waals surface area (Å²) in [5.74, 6) is 0. The van der Waals surface area contributed by atoms with E-state index in [1.807, 2.05) is 12.3 Å². The lowest BCUT2D eigenvalue weighted by Crippen LogP contribution is -1.93. The van der Waals surface area contributed by atoms with Gasteiger partial charge in [0.25, 0.3) is 0 Å². The first kappa shape index (κ1) is 12.3. The monoisotopic (exact) mass is 236 g/mol. The zero-order chi connectivity index (χ0) is 11.5. The summed E-state index contributed by atoms with van der Waals surface area (Å²) < 4.78 is 0. The molecular formula is C16H16N2. The first-order valence-electron chi connectivity index (χ1n) is 5.80. The van der Waals surface area contributed by atoms with Gasteiger partial charge in [-0.3, -0.25) is 4.98 Å². The molecule has 0 unspecified atom stereocenters. The maximum Gasteiger partial charge on any atom is 0.0525 e. The zero-order valence-electron chi connectivity index (χ0n) is 10.2. The zero-order valence-corrected chi connectivity index (χ0v) is 10.2. The van der Waals surface area contributed by atoms with Crippen molar-refractivity contribution in [2.45, 2.75) is 6.42 Å². The van der Waals surface area contributed by atoms with Gasteiger partial charge in [-0.2, -0.15) is 0 Å². The molecule has 0 saturated heterocycles. The van der Waals surface area contributed by atoms with Crippen LogP contribution in [-0.4, -0.2) is 4.98 Å². The molecule has 0 aliphatic heterocycles. The molecule has 0 spiro atoms. The van der Waals surface area contributed by atoms with Crippen molar-refractivity contribution in [1.29, 1.82) is 0 Å². The third-order valence-electron chi connectivity index (χ3n) is 2.97. The van der Waals surface area contributed by atoms with Gasteiger partial charge < -0.3 is 6.15 Å². The smallest absolute Gasteiger partial charge is 0.0525 e. The van der Waals surface area contributed by atoms with Crippen LogP contribution in [-0.2, 0) is 6.42 Å². The number of benzene rings is 2. The molecule has 3 aromatic rings. The van der Waals surface area contributed by atoms with E-state index in [0.29, 0.717) is 0 Å². The van der Waals surface area contributed by atoms with E-state index in [-0.39, 0.29) is 6.15 Å². The number of rotatable bonds is 2. The van der Waals surface area contributed by atoms with Crippen LogP contribution < -0.4 is 6.15 Å². The van der Waals surface area contributed by atoms with Gasteiger partial charge in [-0.1, -0.05) is 54.6 Å². The second kappa shape index (κ2) is 5.43. The van der Waals surface area contributed by atoms with Crippen LogP contribution in [0.3, 0.4) is 0 Å². The van der Waals surface area contributed by atoms with E-state index in [0.717, 1.165) is 12.1 Å². The van der Waals surface area contributed by atoms with Crippen LogP contribution in [0, 0.1) is 0 Å². The summed E-state index contributed by atoms with van der Waals surface area (Å²) in [7, 11) is 0. The molecule has 0 saturated carbocycles. The Bertz CT molecular complexity index is 627. The largest absolute Gasteiger partial charge is 0.344 e. The molecule has 0 radical (unpaired) electrons. The second-order valence-electron chi connectivity index (χ2n) is 4.14. The second-order valence-corrected chi connectivity index (χ2v) is 4.14. The fraction of sp³-hybridized carbons (Fsp3) is 0.0625. The van der Waals surface area contributed by atoms with Gasteiger partial charge in [0.1, 0.15) is 0 Å². The number of hydrogen-bond donors (Lipinski definition) is 1. The Labute approximate surface area is 107 Å². The summed E-state index contributed by atoms with van der Waals surface area (Å²) in [6, 6.07) is 20.9. The van der Waals surface area contributed by atoms with Crippen molar-refractivity contribution < 1.29 is 0 Å². The molecule has 2 aromatic carbocycles. The molecule has 0 fully saturated rings. The van der Waals surface area contributed by atoms with E-state index in [1.165, 1.54) is 16.3 Å². The first-order chi connectivity index (χ1) is 8.43. The number of hydrogen-bond acceptors (Lipinski definition) is 2. The SMILES string of the molecule is N.c1ccc(Cc2nccc3ccccc23)cc1. The Balaban J connectivity index is 0.00000120. The van der Waals surface area contributed by atoms with Crippen molar-refractivity contribution >= 4 is 10.8 Å². The molecule has 2 nitrogen and oxygen atoms in total. The van der Waals surface area contributed by atoms with Crippen LogP contribution >= 0.6 is 0 Å². The Morgan fingerprint density at radius 1 is 0.778 bits per heavy atom. The molecule has 0 aliphatic rings. The minimum absolute atomic E-state index is 0. The Morgan fingerprint density at radius 3 is 2.33 bits per heavy atom. The quantitative estimate of drug-likeness (QED) is 0.731. The van der Waals surface area contributed by atoms with Crippen LogP contribution in [0.25, 0.3) is 10.8 Å². The molecule has 0 atom stereocenters. The van der Waals surface area contributed by atoms with Crippen molar-refractivity contribution in [1.82, 2.24) is 11.1 Å². The maximum atomic E-state index is 4.50. The topological polar surface area (TPSA) is 47.9 Å². The standard InChI is InChI=1S/C16H13N.H3N/c1-2-6-13(7-3-1)12-16-15-9-5-4-8-14(15)10-11-17-16;/h1-11H,12H2;1H3. The lowest BCUT2D eigenvalue weighted by atomic mass is 10.0. The minimum Gasteiger partial charge on any atom is -0.344 e. The highest BCUT2D eigenvalue weighted by Crippen LogP contribution is 2.18. The Kier molecular flexibility index (Phi) is 3.70. The average Bonchev–Trinajstić information content (AvgIpc) is 2.40. The minimum atomic E-state index is 0. The van der Waals surface area contributed by atoms with Crippen LogP contribution in [0.1, 0.15) is 11.3 Å². The molecule has 90 valence electrons. The normalized spacial score (nSPS) is 10.0. The molecule has 3 rings (SSSR count). The molecular weight excluding hydrogens is 220 g/mol. The van der Waals surface area contributed by atoms with Gasteiger partial charge in [0.15, 0.2) is 0 Å². The van der Waals surface area contributed by atoms with Gasteiger partial charge in [0.05, 0.1) is 5.69 Å². The van der Waals surface area contributed by atoms with Crippen molar-refractivity contribution in [3.8, 4) is 0 Å². The van der Waals surface area contributed by atoms with E-state index in [4.69, 9.17) is 0 Å². The van der Waals surface area contributed by atoms with Gasteiger partial charge in [-0.05, 0) is 17.0 Å². The van der Waals surface area contributed by atoms with Crippen molar-refractivity contribution in [3.63, 3.8) is 0 Å². The Hall–Kier alpha value is -2.19. The molecule has 2 heteroatoms. The van der Waals surface area contributed by atoms with E-state index in [9.17, 15) is 0 Å². The first-order valence-corrected chi connectivity index (χ1v) is 5.80. The molecule has 1 heterocycles. The summed E-state index contributed by atoms with van der Waals surface area (Å²) in [5.41, 5.74) is 2.45. The third kappa shape index (κ3) is 2.39. The number of aromatic nitrogens is 1. The third-order valence-corrected chi connectivity index (χ3v) is 2.97. The van der Waals surface area contributed by atoms with Crippen molar-refractivity contribution in [2.24, 2.45) is 0 Å². The van der Waals surface area contributed by atoms with Crippen molar-refractivity contribution in [3.05, 3.63) is 78.1 Å². The van der Waals surface area contributed by atoms with E-state index in [1.54, 1.807) is 0 Å². The van der Waals surface area contributed by atoms with E-state index < -0.39 is 0 Å². The van der Waals surface area contributed by atoms with Crippen molar-refractivity contribution in [2.75, 3.05) is 0 Å². The number of nitrogens with zero attached hydrogens (tertiary/aromatic N) is 1. The predicted octanol–water partition coefficient (Wildman–Crippen LogP) is 3.99. The highest BCUT2D eigenvalue weighted by Gasteiger charge is 2.02. The van der Waals surface area contributed by atoms with Crippen LogP contribution in [0.5, 0.6) is 0 Å². The summed E-state index contributed by atoms with van der Waals surface area (Å²) in [4.78, 5) is 4.50. The van der Waals surface area contributed by atoms with Crippen LogP contribution in [0.15, 0.2) is 66.9 Å². The van der Waals surface area contributed by atoms with Gasteiger partial charge in [-0.25, -0.2) is 0 Å². The summed E-state index contributed by atoms with van der Waals surface area (Å²) in [5, 5.41) is 2.51. The molecule has 0 bridgehead atoms. The highest BCUT2D eigenvalue weighted by atomic mass is 14.7. The average molecular weight is 236 g/mol. The van der Waals surface area contributed by atoms with Crippen LogP contribution in [0.4, 0.5) is 0 Å². The highest BCUT2D eigenvalue weighted by molar-refractivity contribution is 5.84. The maximum absolute atomic E-state index is 4.50. The van der Waals surface area contributed by atoms with E-state index in [2.05, 4.69) is 59.6 Å². The molecule has 3 N–H and O–H groups in total. The summed E-state index contributed by atoms with van der Waals surface area (Å²) in [6.07, 6.45) is 2.78. The Morgan fingerprint density at radius 2 is 1.50 bits per heavy atom. The predicted molar refractivity (Wildman–Crippen MR) is 76.0 cm³/mol. The fourth-order valence-corrected chi connectivity index (χ4v) is 2.11. The molecule has 18 heavy (non-hydrogen) atoms. The molecule has 1 aromatic heterocycles. The van der Waals surface area contributed by atoms with Gasteiger partial charge >= 0.3 is 0 Å². The number of pyridine rings is 1. The molecule has 0 aliphatic carbocycles. The molecule has 0 amide bonds. The van der Waals surface area contributed by atoms with Crippen LogP contribution in [0.2, 0.25) is 0 Å².